The molecule has 4 atom stereocenters. The maximum atomic E-state index is 12.2. The number of carbonyl (C=O) groups excluding carboxylic acids is 4. The van der Waals surface area contributed by atoms with E-state index in [4.69, 9.17) is 16.6 Å². The monoisotopic (exact) mass is 417 g/mol. The third-order valence-electron chi connectivity index (χ3n) is 3.93. The molecule has 0 aromatic carbocycles. The number of hydrogen-bond acceptors (Lipinski definition) is 7. The second-order valence-electron chi connectivity index (χ2n) is 7.11. The summed E-state index contributed by atoms with van der Waals surface area (Å²) in [6.07, 6.45) is 0.0509. The molecule has 4 amide bonds. The Morgan fingerprint density at radius 3 is 1.90 bits per heavy atom. The summed E-state index contributed by atoms with van der Waals surface area (Å²) in [6, 6.07) is -4.73. The van der Waals surface area contributed by atoms with Gasteiger partial charge in [0, 0.05) is 6.42 Å². The van der Waals surface area contributed by atoms with E-state index in [1.807, 2.05) is 0 Å². The van der Waals surface area contributed by atoms with Crippen molar-refractivity contribution in [2.45, 2.75) is 64.2 Å². The van der Waals surface area contributed by atoms with Crippen molar-refractivity contribution >= 4 is 29.6 Å². The maximum Gasteiger partial charge on any atom is 0.326 e. The molecule has 12 heteroatoms. The topological polar surface area (TPSA) is 214 Å². The number of primary amides is 1. The Morgan fingerprint density at radius 1 is 0.897 bits per heavy atom. The van der Waals surface area contributed by atoms with Gasteiger partial charge in [-0.25, -0.2) is 4.79 Å². The molecule has 0 spiro atoms. The quantitative estimate of drug-likeness (QED) is 0.165. The van der Waals surface area contributed by atoms with Gasteiger partial charge in [-0.2, -0.15) is 0 Å². The lowest BCUT2D eigenvalue weighted by molar-refractivity contribution is -0.142. The molecule has 0 aromatic rings. The molecule has 0 fully saturated rings. The standard InChI is InChI=1S/C17H31N5O7/c1-8(2)6-11(17(28)29)21-14(25)9(3)20-16(27)12(7-23)22-15(26)10(18)4-5-13(19)24/h8-12,23H,4-7,18H2,1-3H3,(H2,19,24)(H,20,27)(H,21,25)(H,22,26)(H,28,29). The van der Waals surface area contributed by atoms with E-state index >= 15 is 0 Å². The summed E-state index contributed by atoms with van der Waals surface area (Å²) in [7, 11) is 0. The molecular weight excluding hydrogens is 386 g/mol. The van der Waals surface area contributed by atoms with Crippen molar-refractivity contribution in [2.24, 2.45) is 17.4 Å². The number of rotatable bonds is 13. The number of amides is 4. The molecular formula is C17H31N5O7. The number of aliphatic carboxylic acids is 1. The Kier molecular flexibility index (Phi) is 11.5. The Bertz CT molecular complexity index is 611. The van der Waals surface area contributed by atoms with Gasteiger partial charge >= 0.3 is 5.97 Å². The van der Waals surface area contributed by atoms with Gasteiger partial charge < -0.3 is 37.6 Å². The molecule has 0 saturated carbocycles. The van der Waals surface area contributed by atoms with Gasteiger partial charge in [-0.1, -0.05) is 13.8 Å². The maximum absolute atomic E-state index is 12.2. The van der Waals surface area contributed by atoms with Gasteiger partial charge in [-0.3, -0.25) is 19.2 Å². The molecule has 0 aliphatic carbocycles. The summed E-state index contributed by atoms with van der Waals surface area (Å²) in [5.74, 6) is -4.18. The second-order valence-corrected chi connectivity index (χ2v) is 7.11. The van der Waals surface area contributed by atoms with Crippen LogP contribution < -0.4 is 27.4 Å². The zero-order chi connectivity index (χ0) is 22.7. The van der Waals surface area contributed by atoms with Crippen LogP contribution in [0.2, 0.25) is 0 Å². The van der Waals surface area contributed by atoms with Crippen LogP contribution in [-0.4, -0.2) is 70.6 Å². The number of nitrogens with two attached hydrogens (primary N) is 2. The molecule has 0 radical (unpaired) electrons. The van der Waals surface area contributed by atoms with Crippen LogP contribution in [0.25, 0.3) is 0 Å². The van der Waals surface area contributed by atoms with Crippen molar-refractivity contribution in [1.29, 1.82) is 0 Å². The highest BCUT2D eigenvalue weighted by Gasteiger charge is 2.28. The lowest BCUT2D eigenvalue weighted by atomic mass is 10.0. The molecule has 12 nitrogen and oxygen atoms in total. The third-order valence-corrected chi connectivity index (χ3v) is 3.93. The smallest absolute Gasteiger partial charge is 0.326 e. The van der Waals surface area contributed by atoms with Crippen LogP contribution in [-0.2, 0) is 24.0 Å². The highest BCUT2D eigenvalue weighted by atomic mass is 16.4. The first-order valence-corrected chi connectivity index (χ1v) is 9.17. The first kappa shape index (κ1) is 26.3. The van der Waals surface area contributed by atoms with Crippen LogP contribution in [0.4, 0.5) is 0 Å². The zero-order valence-electron chi connectivity index (χ0n) is 16.8. The van der Waals surface area contributed by atoms with Crippen molar-refractivity contribution in [2.75, 3.05) is 6.61 Å². The fraction of sp³-hybridized carbons (Fsp3) is 0.706. The molecule has 0 saturated heterocycles. The summed E-state index contributed by atoms with van der Waals surface area (Å²) < 4.78 is 0. The molecule has 0 heterocycles. The molecule has 9 N–H and O–H groups in total. The number of carboxylic acid groups (broad SMARTS) is 1. The van der Waals surface area contributed by atoms with E-state index in [0.29, 0.717) is 0 Å². The average Bonchev–Trinajstić information content (AvgIpc) is 2.62. The Balaban J connectivity index is 4.78. The molecule has 0 aromatic heterocycles. The minimum atomic E-state index is -1.39. The van der Waals surface area contributed by atoms with Crippen molar-refractivity contribution in [3.8, 4) is 0 Å². The first-order chi connectivity index (χ1) is 13.4. The summed E-state index contributed by atoms with van der Waals surface area (Å²) in [5, 5.41) is 25.3. The molecule has 29 heavy (non-hydrogen) atoms. The van der Waals surface area contributed by atoms with Crippen molar-refractivity contribution in [3.05, 3.63) is 0 Å². The number of carboxylic acids is 1. The molecule has 0 aliphatic rings. The van der Waals surface area contributed by atoms with E-state index in [9.17, 15) is 29.1 Å². The normalized spacial score (nSPS) is 15.0. The number of aliphatic hydroxyl groups is 1. The zero-order valence-corrected chi connectivity index (χ0v) is 16.8. The van der Waals surface area contributed by atoms with E-state index in [1.54, 1.807) is 13.8 Å². The van der Waals surface area contributed by atoms with Crippen LogP contribution in [0.15, 0.2) is 0 Å². The van der Waals surface area contributed by atoms with Gasteiger partial charge in [-0.05, 0) is 25.7 Å². The van der Waals surface area contributed by atoms with Crippen LogP contribution in [0.3, 0.4) is 0 Å². The van der Waals surface area contributed by atoms with E-state index in [-0.39, 0.29) is 25.2 Å². The molecule has 166 valence electrons. The number of aliphatic hydroxyl groups excluding tert-OH is 1. The van der Waals surface area contributed by atoms with Crippen molar-refractivity contribution in [1.82, 2.24) is 16.0 Å². The average molecular weight is 417 g/mol. The number of carbonyl (C=O) groups is 5. The summed E-state index contributed by atoms with van der Waals surface area (Å²) in [6.45, 7) is 4.17. The van der Waals surface area contributed by atoms with Crippen molar-refractivity contribution < 1.29 is 34.2 Å². The van der Waals surface area contributed by atoms with Crippen LogP contribution in [0.1, 0.15) is 40.0 Å². The van der Waals surface area contributed by atoms with Gasteiger partial charge in [-0.15, -0.1) is 0 Å². The fourth-order valence-electron chi connectivity index (χ4n) is 2.27. The highest BCUT2D eigenvalue weighted by molar-refractivity contribution is 5.94. The number of nitrogens with one attached hydrogen (secondary N) is 3. The predicted octanol–water partition coefficient (Wildman–Crippen LogP) is -2.82. The van der Waals surface area contributed by atoms with E-state index in [0.717, 1.165) is 0 Å². The minimum Gasteiger partial charge on any atom is -0.480 e. The molecule has 0 aliphatic heterocycles. The molecule has 0 rings (SSSR count). The minimum absolute atomic E-state index is 0.0223. The van der Waals surface area contributed by atoms with Gasteiger partial charge in [0.15, 0.2) is 0 Å². The van der Waals surface area contributed by atoms with Gasteiger partial charge in [0.1, 0.15) is 18.1 Å². The third kappa shape index (κ3) is 10.4. The highest BCUT2D eigenvalue weighted by Crippen LogP contribution is 2.05. The van der Waals surface area contributed by atoms with E-state index in [2.05, 4.69) is 16.0 Å². The summed E-state index contributed by atoms with van der Waals surface area (Å²) in [5.41, 5.74) is 10.6. The molecule has 4 unspecified atom stereocenters. The SMILES string of the molecule is CC(C)CC(NC(=O)C(C)NC(=O)C(CO)NC(=O)C(N)CCC(N)=O)C(=O)O. The van der Waals surface area contributed by atoms with E-state index in [1.165, 1.54) is 6.92 Å². The van der Waals surface area contributed by atoms with E-state index < -0.39 is 60.4 Å². The van der Waals surface area contributed by atoms with Crippen LogP contribution in [0.5, 0.6) is 0 Å². The second kappa shape index (κ2) is 12.7. The Labute approximate surface area is 168 Å². The van der Waals surface area contributed by atoms with Gasteiger partial charge in [0.25, 0.3) is 0 Å². The summed E-state index contributed by atoms with van der Waals surface area (Å²) in [4.78, 5) is 58.3. The van der Waals surface area contributed by atoms with Crippen LogP contribution in [0, 0.1) is 5.92 Å². The Morgan fingerprint density at radius 2 is 1.45 bits per heavy atom. The molecule has 0 bridgehead atoms. The van der Waals surface area contributed by atoms with Crippen LogP contribution >= 0.6 is 0 Å². The Hall–Kier alpha value is -2.73. The largest absolute Gasteiger partial charge is 0.480 e. The lowest BCUT2D eigenvalue weighted by Gasteiger charge is -2.23. The van der Waals surface area contributed by atoms with Crippen molar-refractivity contribution in [3.63, 3.8) is 0 Å². The fourth-order valence-corrected chi connectivity index (χ4v) is 2.27. The first-order valence-electron chi connectivity index (χ1n) is 9.17. The van der Waals surface area contributed by atoms with Gasteiger partial charge in [0.2, 0.25) is 23.6 Å². The van der Waals surface area contributed by atoms with Gasteiger partial charge in [0.05, 0.1) is 12.6 Å². The number of hydrogen-bond donors (Lipinski definition) is 7. The lowest BCUT2D eigenvalue weighted by Crippen LogP contribution is -2.57. The predicted molar refractivity (Wildman–Crippen MR) is 102 cm³/mol. The summed E-state index contributed by atoms with van der Waals surface area (Å²) >= 11 is 0.